The van der Waals surface area contributed by atoms with E-state index in [2.05, 4.69) is 0 Å². The average Bonchev–Trinajstić information content (AvgIpc) is 3.06. The molecule has 0 aromatic heterocycles. The summed E-state index contributed by atoms with van der Waals surface area (Å²) in [6, 6.07) is 4.07. The summed E-state index contributed by atoms with van der Waals surface area (Å²) in [6.45, 7) is 5.97. The molecular formula is C15H19NO3. The molecule has 0 bridgehead atoms. The summed E-state index contributed by atoms with van der Waals surface area (Å²) < 4.78 is 0. The van der Waals surface area contributed by atoms with E-state index in [1.165, 1.54) is 0 Å². The first-order chi connectivity index (χ1) is 8.82. The maximum Gasteiger partial charge on any atom is 0.307 e. The highest BCUT2D eigenvalue weighted by Crippen LogP contribution is 2.41. The zero-order chi connectivity index (χ0) is 14.3. The van der Waals surface area contributed by atoms with E-state index in [0.29, 0.717) is 6.42 Å². The van der Waals surface area contributed by atoms with Gasteiger partial charge in [-0.15, -0.1) is 0 Å². The molecule has 0 spiro atoms. The minimum Gasteiger partial charge on any atom is -0.481 e. The van der Waals surface area contributed by atoms with Crippen molar-refractivity contribution >= 4 is 17.6 Å². The van der Waals surface area contributed by atoms with E-state index in [0.717, 1.165) is 22.4 Å². The van der Waals surface area contributed by atoms with Crippen molar-refractivity contribution in [1.29, 1.82) is 0 Å². The van der Waals surface area contributed by atoms with E-state index in [1.54, 1.807) is 11.9 Å². The molecule has 1 aliphatic carbocycles. The molecule has 4 heteroatoms. The van der Waals surface area contributed by atoms with Gasteiger partial charge in [-0.05, 0) is 38.3 Å². The SMILES string of the molecule is Cc1cc(C)c(N(C)C(=O)C2CC2C(=O)O)c(C)c1. The standard InChI is InChI=1S/C15H19NO3/c1-8-5-9(2)13(10(3)6-8)16(4)14(17)11-7-12(11)15(18)19/h5-6,11-12H,7H2,1-4H3,(H,18,19). The van der Waals surface area contributed by atoms with Crippen molar-refractivity contribution in [3.63, 3.8) is 0 Å². The van der Waals surface area contributed by atoms with Gasteiger partial charge in [-0.1, -0.05) is 17.7 Å². The maximum atomic E-state index is 12.3. The Morgan fingerprint density at radius 1 is 1.16 bits per heavy atom. The van der Waals surface area contributed by atoms with Crippen molar-refractivity contribution in [3.05, 3.63) is 28.8 Å². The highest BCUT2D eigenvalue weighted by atomic mass is 16.4. The fourth-order valence-electron chi connectivity index (χ4n) is 2.80. The Morgan fingerprint density at radius 2 is 1.68 bits per heavy atom. The van der Waals surface area contributed by atoms with Gasteiger partial charge in [0.25, 0.3) is 0 Å². The molecule has 2 unspecified atom stereocenters. The van der Waals surface area contributed by atoms with Crippen LogP contribution in [0.1, 0.15) is 23.1 Å². The van der Waals surface area contributed by atoms with Gasteiger partial charge in [-0.3, -0.25) is 9.59 Å². The second-order valence-electron chi connectivity index (χ2n) is 5.43. The van der Waals surface area contributed by atoms with Crippen molar-refractivity contribution in [1.82, 2.24) is 0 Å². The quantitative estimate of drug-likeness (QED) is 0.908. The van der Waals surface area contributed by atoms with Gasteiger partial charge < -0.3 is 10.0 Å². The summed E-state index contributed by atoms with van der Waals surface area (Å²) in [6.07, 6.45) is 0.461. The lowest BCUT2D eigenvalue weighted by Crippen LogP contribution is -2.30. The Kier molecular flexibility index (Phi) is 3.35. The lowest BCUT2D eigenvalue weighted by Gasteiger charge is -2.22. The van der Waals surface area contributed by atoms with Crippen molar-refractivity contribution in [3.8, 4) is 0 Å². The van der Waals surface area contributed by atoms with Crippen LogP contribution in [0.15, 0.2) is 12.1 Å². The molecule has 19 heavy (non-hydrogen) atoms. The van der Waals surface area contributed by atoms with E-state index in [1.807, 2.05) is 32.9 Å². The molecule has 1 amide bonds. The van der Waals surface area contributed by atoms with Crippen LogP contribution in [-0.2, 0) is 9.59 Å². The molecule has 1 saturated carbocycles. The predicted molar refractivity (Wildman–Crippen MR) is 73.3 cm³/mol. The molecule has 0 aliphatic heterocycles. The van der Waals surface area contributed by atoms with Crippen molar-refractivity contribution in [2.75, 3.05) is 11.9 Å². The highest BCUT2D eigenvalue weighted by Gasteiger charge is 2.49. The first-order valence-electron chi connectivity index (χ1n) is 6.41. The van der Waals surface area contributed by atoms with Crippen LogP contribution in [0.3, 0.4) is 0 Å². The van der Waals surface area contributed by atoms with Gasteiger partial charge in [-0.25, -0.2) is 0 Å². The third-order valence-electron chi connectivity index (χ3n) is 3.73. The van der Waals surface area contributed by atoms with Crippen LogP contribution in [-0.4, -0.2) is 24.0 Å². The number of rotatable bonds is 3. The Labute approximate surface area is 113 Å². The number of anilines is 1. The number of carboxylic acid groups (broad SMARTS) is 1. The smallest absolute Gasteiger partial charge is 0.307 e. The van der Waals surface area contributed by atoms with E-state index in [-0.39, 0.29) is 11.8 Å². The van der Waals surface area contributed by atoms with Gasteiger partial charge in [0.1, 0.15) is 0 Å². The first-order valence-corrected chi connectivity index (χ1v) is 6.41. The molecule has 1 aromatic rings. The molecule has 1 aliphatic rings. The Bertz CT molecular complexity index is 527. The number of carboxylic acids is 1. The number of carbonyl (C=O) groups is 2. The summed E-state index contributed by atoms with van der Waals surface area (Å²) in [7, 11) is 1.73. The lowest BCUT2D eigenvalue weighted by molar-refractivity contribution is -0.139. The van der Waals surface area contributed by atoms with Crippen LogP contribution in [0.25, 0.3) is 0 Å². The summed E-state index contributed by atoms with van der Waals surface area (Å²) >= 11 is 0. The molecule has 0 radical (unpaired) electrons. The molecule has 2 rings (SSSR count). The Balaban J connectivity index is 2.23. The molecule has 4 nitrogen and oxygen atoms in total. The molecule has 1 fully saturated rings. The minimum absolute atomic E-state index is 0.0950. The zero-order valence-electron chi connectivity index (χ0n) is 11.7. The molecule has 0 heterocycles. The van der Waals surface area contributed by atoms with Crippen LogP contribution in [0.5, 0.6) is 0 Å². The normalized spacial score (nSPS) is 21.1. The summed E-state index contributed by atoms with van der Waals surface area (Å²) in [4.78, 5) is 24.7. The highest BCUT2D eigenvalue weighted by molar-refractivity contribution is 6.00. The minimum atomic E-state index is -0.871. The molecule has 1 N–H and O–H groups in total. The van der Waals surface area contributed by atoms with Gasteiger partial charge in [0, 0.05) is 12.7 Å². The van der Waals surface area contributed by atoms with Gasteiger partial charge in [0.15, 0.2) is 0 Å². The zero-order valence-corrected chi connectivity index (χ0v) is 11.7. The number of carbonyl (C=O) groups excluding carboxylic acids is 1. The molecule has 0 saturated heterocycles. The second-order valence-corrected chi connectivity index (χ2v) is 5.43. The fraction of sp³-hybridized carbons (Fsp3) is 0.467. The average molecular weight is 261 g/mol. The fourth-order valence-corrected chi connectivity index (χ4v) is 2.80. The van der Waals surface area contributed by atoms with E-state index in [9.17, 15) is 9.59 Å². The van der Waals surface area contributed by atoms with E-state index >= 15 is 0 Å². The maximum absolute atomic E-state index is 12.3. The third kappa shape index (κ3) is 2.48. The summed E-state index contributed by atoms with van der Waals surface area (Å²) in [5.41, 5.74) is 4.14. The molecule has 102 valence electrons. The summed E-state index contributed by atoms with van der Waals surface area (Å²) in [5, 5.41) is 8.90. The van der Waals surface area contributed by atoms with Crippen LogP contribution < -0.4 is 4.90 Å². The van der Waals surface area contributed by atoms with Gasteiger partial charge in [-0.2, -0.15) is 0 Å². The van der Waals surface area contributed by atoms with Gasteiger partial charge >= 0.3 is 5.97 Å². The first kappa shape index (κ1) is 13.6. The topological polar surface area (TPSA) is 57.6 Å². The molecule has 2 atom stereocenters. The van der Waals surface area contributed by atoms with Crippen LogP contribution >= 0.6 is 0 Å². The lowest BCUT2D eigenvalue weighted by atomic mass is 10.0. The van der Waals surface area contributed by atoms with Crippen molar-refractivity contribution in [2.45, 2.75) is 27.2 Å². The van der Waals surface area contributed by atoms with Crippen LogP contribution in [0, 0.1) is 32.6 Å². The number of aryl methyl sites for hydroxylation is 3. The van der Waals surface area contributed by atoms with Crippen LogP contribution in [0.2, 0.25) is 0 Å². The monoisotopic (exact) mass is 261 g/mol. The number of nitrogens with zero attached hydrogens (tertiary/aromatic N) is 1. The largest absolute Gasteiger partial charge is 0.481 e. The predicted octanol–water partition coefficient (Wildman–Crippen LogP) is 2.30. The van der Waals surface area contributed by atoms with E-state index < -0.39 is 11.9 Å². The molecule has 1 aromatic carbocycles. The van der Waals surface area contributed by atoms with Gasteiger partial charge in [0.2, 0.25) is 5.91 Å². The van der Waals surface area contributed by atoms with Crippen LogP contribution in [0.4, 0.5) is 5.69 Å². The Hall–Kier alpha value is -1.84. The second kappa shape index (κ2) is 4.68. The number of benzene rings is 1. The number of hydrogen-bond donors (Lipinski definition) is 1. The van der Waals surface area contributed by atoms with Crippen molar-refractivity contribution in [2.24, 2.45) is 11.8 Å². The Morgan fingerprint density at radius 3 is 2.11 bits per heavy atom. The summed E-state index contributed by atoms with van der Waals surface area (Å²) in [5.74, 6) is -1.82. The van der Waals surface area contributed by atoms with Gasteiger partial charge in [0.05, 0.1) is 11.8 Å². The number of hydrogen-bond acceptors (Lipinski definition) is 2. The number of amides is 1. The van der Waals surface area contributed by atoms with E-state index in [4.69, 9.17) is 5.11 Å². The van der Waals surface area contributed by atoms with Crippen molar-refractivity contribution < 1.29 is 14.7 Å². The molecular weight excluding hydrogens is 242 g/mol. The number of aliphatic carboxylic acids is 1. The third-order valence-corrected chi connectivity index (χ3v) is 3.73.